The van der Waals surface area contributed by atoms with Crippen LogP contribution in [0.5, 0.6) is 0 Å². The molecule has 4 nitrogen and oxygen atoms in total. The summed E-state index contributed by atoms with van der Waals surface area (Å²) in [7, 11) is 0. The fraction of sp³-hybridized carbons (Fsp3) is 0.600. The fourth-order valence-corrected chi connectivity index (χ4v) is 4.01. The molecule has 3 aliphatic rings. The molecule has 1 aromatic rings. The van der Waals surface area contributed by atoms with Gasteiger partial charge in [-0.25, -0.2) is 0 Å². The van der Waals surface area contributed by atoms with E-state index in [1.165, 1.54) is 0 Å². The highest BCUT2D eigenvalue weighted by Crippen LogP contribution is 2.56. The van der Waals surface area contributed by atoms with Crippen molar-refractivity contribution in [1.29, 1.82) is 0 Å². The highest BCUT2D eigenvalue weighted by atomic mass is 79.9. The molecule has 1 aromatic heterocycles. The molecular weight excluding hydrogens is 320 g/mol. The second-order valence-electron chi connectivity index (χ2n) is 6.33. The first-order valence-electron chi connectivity index (χ1n) is 7.12. The van der Waals surface area contributed by atoms with E-state index in [0.717, 1.165) is 55.2 Å². The first-order valence-corrected chi connectivity index (χ1v) is 7.91. The van der Waals surface area contributed by atoms with Crippen molar-refractivity contribution >= 4 is 27.6 Å². The van der Waals surface area contributed by atoms with E-state index in [0.29, 0.717) is 0 Å². The maximum atomic E-state index is 11.4. The summed E-state index contributed by atoms with van der Waals surface area (Å²) < 4.78 is 0.970. The summed E-state index contributed by atoms with van der Waals surface area (Å²) in [6, 6.07) is 2.02. The van der Waals surface area contributed by atoms with Gasteiger partial charge in [0.1, 0.15) is 0 Å². The van der Waals surface area contributed by atoms with Crippen molar-refractivity contribution < 1.29 is 9.90 Å². The first-order chi connectivity index (χ1) is 9.54. The summed E-state index contributed by atoms with van der Waals surface area (Å²) >= 11 is 3.42. The topological polar surface area (TPSA) is 62.2 Å². The summed E-state index contributed by atoms with van der Waals surface area (Å²) in [5.74, 6) is -0.588. The van der Waals surface area contributed by atoms with Crippen LogP contribution in [0, 0.1) is 10.8 Å². The Kier molecular flexibility index (Phi) is 3.48. The number of nitrogens with zero attached hydrogens (tertiary/aromatic N) is 1. The molecule has 0 spiro atoms. The van der Waals surface area contributed by atoms with Crippen molar-refractivity contribution in [3.8, 4) is 0 Å². The number of pyridine rings is 1. The Balaban J connectivity index is 1.64. The number of hydrogen-bond acceptors (Lipinski definition) is 3. The van der Waals surface area contributed by atoms with Crippen LogP contribution in [0.2, 0.25) is 0 Å². The summed E-state index contributed by atoms with van der Waals surface area (Å²) in [4.78, 5) is 15.6. The van der Waals surface area contributed by atoms with E-state index in [2.05, 4.69) is 26.2 Å². The highest BCUT2D eigenvalue weighted by molar-refractivity contribution is 9.10. The van der Waals surface area contributed by atoms with Gasteiger partial charge in [-0.1, -0.05) is 0 Å². The molecule has 3 saturated carbocycles. The van der Waals surface area contributed by atoms with Gasteiger partial charge in [0.25, 0.3) is 0 Å². The number of halogens is 1. The number of carboxylic acids is 1. The van der Waals surface area contributed by atoms with Crippen molar-refractivity contribution in [1.82, 2.24) is 4.98 Å². The number of nitrogens with one attached hydrogen (secondary N) is 1. The predicted molar refractivity (Wildman–Crippen MR) is 80.6 cm³/mol. The molecule has 0 aromatic carbocycles. The second kappa shape index (κ2) is 5.02. The molecule has 108 valence electrons. The average molecular weight is 339 g/mol. The monoisotopic (exact) mass is 338 g/mol. The number of anilines is 1. The third-order valence-electron chi connectivity index (χ3n) is 5.23. The van der Waals surface area contributed by atoms with Crippen molar-refractivity contribution in [2.45, 2.75) is 38.5 Å². The van der Waals surface area contributed by atoms with E-state index in [1.54, 1.807) is 6.20 Å². The summed E-state index contributed by atoms with van der Waals surface area (Å²) in [6.07, 6.45) is 9.16. The molecule has 4 rings (SSSR count). The Bertz CT molecular complexity index is 508. The molecule has 0 saturated heterocycles. The Morgan fingerprint density at radius 1 is 1.25 bits per heavy atom. The summed E-state index contributed by atoms with van der Waals surface area (Å²) in [5, 5.41) is 12.9. The molecule has 2 bridgehead atoms. The summed E-state index contributed by atoms with van der Waals surface area (Å²) in [5.41, 5.74) is 0.882. The third kappa shape index (κ3) is 2.43. The maximum Gasteiger partial charge on any atom is 0.309 e. The highest BCUT2D eigenvalue weighted by Gasteiger charge is 2.52. The Morgan fingerprint density at radius 2 is 1.90 bits per heavy atom. The lowest BCUT2D eigenvalue weighted by molar-refractivity contribution is -0.158. The molecule has 0 atom stereocenters. The average Bonchev–Trinajstić information content (AvgIpc) is 2.47. The maximum absolute atomic E-state index is 11.4. The van der Waals surface area contributed by atoms with Crippen molar-refractivity contribution in [2.24, 2.45) is 10.8 Å². The van der Waals surface area contributed by atoms with E-state index >= 15 is 0 Å². The van der Waals surface area contributed by atoms with Gasteiger partial charge >= 0.3 is 5.97 Å². The van der Waals surface area contributed by atoms with Crippen molar-refractivity contribution in [3.05, 3.63) is 22.9 Å². The van der Waals surface area contributed by atoms with Crippen LogP contribution in [-0.4, -0.2) is 22.6 Å². The van der Waals surface area contributed by atoms with Crippen LogP contribution in [0.15, 0.2) is 22.9 Å². The molecule has 1 heterocycles. The van der Waals surface area contributed by atoms with Crippen LogP contribution < -0.4 is 5.32 Å². The smallest absolute Gasteiger partial charge is 0.309 e. The zero-order chi connectivity index (χ0) is 14.2. The van der Waals surface area contributed by atoms with Crippen LogP contribution in [-0.2, 0) is 4.79 Å². The number of fused-ring (bicyclic) bond motifs is 3. The molecule has 3 aliphatic carbocycles. The number of aromatic nitrogens is 1. The van der Waals surface area contributed by atoms with Gasteiger partial charge in [-0.2, -0.15) is 0 Å². The Morgan fingerprint density at radius 3 is 2.45 bits per heavy atom. The van der Waals surface area contributed by atoms with Crippen LogP contribution in [0.25, 0.3) is 0 Å². The Labute approximate surface area is 127 Å². The van der Waals surface area contributed by atoms with Gasteiger partial charge < -0.3 is 10.4 Å². The van der Waals surface area contributed by atoms with E-state index in [4.69, 9.17) is 0 Å². The largest absolute Gasteiger partial charge is 0.481 e. The fourth-order valence-electron chi connectivity index (χ4n) is 3.65. The number of rotatable bonds is 4. The molecule has 2 N–H and O–H groups in total. The predicted octanol–water partition coefficient (Wildman–Crippen LogP) is 3.68. The van der Waals surface area contributed by atoms with Crippen LogP contribution in [0.4, 0.5) is 5.69 Å². The minimum absolute atomic E-state index is 0.277. The van der Waals surface area contributed by atoms with Gasteiger partial charge in [-0.15, -0.1) is 0 Å². The summed E-state index contributed by atoms with van der Waals surface area (Å²) in [6.45, 7) is 0.917. The van der Waals surface area contributed by atoms with Crippen molar-refractivity contribution in [2.75, 3.05) is 11.9 Å². The van der Waals surface area contributed by atoms with E-state index in [1.807, 2.05) is 12.3 Å². The quantitative estimate of drug-likeness (QED) is 0.878. The molecule has 0 radical (unpaired) electrons. The van der Waals surface area contributed by atoms with Crippen LogP contribution >= 0.6 is 15.9 Å². The van der Waals surface area contributed by atoms with Gasteiger partial charge in [0, 0.05) is 17.2 Å². The Hall–Kier alpha value is -1.10. The van der Waals surface area contributed by atoms with Gasteiger partial charge in [-0.3, -0.25) is 9.78 Å². The number of aliphatic carboxylic acids is 1. The van der Waals surface area contributed by atoms with Gasteiger partial charge in [0.15, 0.2) is 0 Å². The lowest BCUT2D eigenvalue weighted by Gasteiger charge is -2.51. The number of carboxylic acid groups (broad SMARTS) is 1. The molecule has 0 amide bonds. The molecule has 0 unspecified atom stereocenters. The minimum Gasteiger partial charge on any atom is -0.481 e. The first kappa shape index (κ1) is 13.9. The molecular formula is C15H19BrN2O2. The third-order valence-corrected chi connectivity index (χ3v) is 5.66. The van der Waals surface area contributed by atoms with Crippen molar-refractivity contribution in [3.63, 3.8) is 0 Å². The molecule has 5 heteroatoms. The van der Waals surface area contributed by atoms with E-state index in [-0.39, 0.29) is 5.41 Å². The zero-order valence-electron chi connectivity index (χ0n) is 11.4. The molecule has 20 heavy (non-hydrogen) atoms. The van der Waals surface area contributed by atoms with Crippen LogP contribution in [0.1, 0.15) is 38.5 Å². The number of hydrogen-bond donors (Lipinski definition) is 2. The minimum atomic E-state index is -0.588. The van der Waals surface area contributed by atoms with Crippen LogP contribution in [0.3, 0.4) is 0 Å². The van der Waals surface area contributed by atoms with Gasteiger partial charge in [0.05, 0.1) is 17.3 Å². The lowest BCUT2D eigenvalue weighted by Crippen LogP contribution is -2.48. The SMILES string of the molecule is O=C(O)C12CCC(CNc3cncc(Br)c3)(CC1)CC2. The number of carbonyl (C=O) groups is 1. The van der Waals surface area contributed by atoms with Gasteiger partial charge in [-0.05, 0) is 65.9 Å². The standard InChI is InChI=1S/C15H19BrN2O2/c16-11-7-12(9-17-8-11)18-10-14-1-4-15(5-2-14,6-3-14)13(19)20/h7-9,18H,1-6,10H2,(H,19,20). The second-order valence-corrected chi connectivity index (χ2v) is 7.25. The zero-order valence-corrected chi connectivity index (χ0v) is 12.9. The normalized spacial score (nSPS) is 32.0. The van der Waals surface area contributed by atoms with E-state index in [9.17, 15) is 9.90 Å². The molecule has 3 fully saturated rings. The van der Waals surface area contributed by atoms with E-state index < -0.39 is 11.4 Å². The van der Waals surface area contributed by atoms with Gasteiger partial charge in [0.2, 0.25) is 0 Å². The molecule has 0 aliphatic heterocycles. The lowest BCUT2D eigenvalue weighted by atomic mass is 9.53.